The average Bonchev–Trinajstić information content (AvgIpc) is 2.69. The molecule has 0 aliphatic carbocycles. The van der Waals surface area contributed by atoms with Crippen LogP contribution >= 0.6 is 0 Å². The molecule has 3 nitrogen and oxygen atoms in total. The highest BCUT2D eigenvalue weighted by Gasteiger charge is 2.51. The summed E-state index contributed by atoms with van der Waals surface area (Å²) in [5, 5.41) is 0. The summed E-state index contributed by atoms with van der Waals surface area (Å²) >= 11 is 0. The second-order valence-corrected chi connectivity index (χ2v) is 8.44. The normalized spacial score (nSPS) is 25.3. The van der Waals surface area contributed by atoms with Crippen LogP contribution in [0.2, 0.25) is 0 Å². The van der Waals surface area contributed by atoms with Crippen molar-refractivity contribution < 1.29 is 18.1 Å². The van der Waals surface area contributed by atoms with Gasteiger partial charge in [-0.3, -0.25) is 4.90 Å². The Labute approximate surface area is 149 Å². The number of nitrogens with zero attached hydrogens (tertiary/aromatic N) is 1. The third kappa shape index (κ3) is 3.91. The first-order valence-corrected chi connectivity index (χ1v) is 9.04. The van der Waals surface area contributed by atoms with Gasteiger partial charge in [-0.1, -0.05) is 18.2 Å². The number of alkyl halides is 2. The van der Waals surface area contributed by atoms with Gasteiger partial charge < -0.3 is 9.31 Å². The van der Waals surface area contributed by atoms with Gasteiger partial charge in [0.25, 0.3) is 5.92 Å². The van der Waals surface area contributed by atoms with E-state index < -0.39 is 24.2 Å². The van der Waals surface area contributed by atoms with Gasteiger partial charge in [0.15, 0.2) is 0 Å². The van der Waals surface area contributed by atoms with E-state index in [1.807, 2.05) is 57.7 Å². The third-order valence-corrected chi connectivity index (χ3v) is 5.76. The zero-order chi connectivity index (χ0) is 18.5. The fourth-order valence-corrected chi connectivity index (χ4v) is 3.41. The van der Waals surface area contributed by atoms with Crippen LogP contribution in [0.5, 0.6) is 0 Å². The first-order chi connectivity index (χ1) is 11.5. The molecule has 1 aromatic carbocycles. The van der Waals surface area contributed by atoms with Gasteiger partial charge in [-0.05, 0) is 64.2 Å². The lowest BCUT2D eigenvalue weighted by molar-refractivity contribution is -0.0661. The highest BCUT2D eigenvalue weighted by atomic mass is 19.3. The van der Waals surface area contributed by atoms with Crippen molar-refractivity contribution in [3.05, 3.63) is 29.3 Å². The minimum absolute atomic E-state index is 0.00353. The van der Waals surface area contributed by atoms with Crippen molar-refractivity contribution in [3.8, 4) is 0 Å². The second-order valence-electron chi connectivity index (χ2n) is 8.44. The molecule has 0 saturated carbocycles. The van der Waals surface area contributed by atoms with Gasteiger partial charge >= 0.3 is 7.12 Å². The summed E-state index contributed by atoms with van der Waals surface area (Å²) in [6.45, 7) is 11.2. The predicted octanol–water partition coefficient (Wildman–Crippen LogP) is 3.53. The summed E-state index contributed by atoms with van der Waals surface area (Å²) in [6, 6.07) is 6.08. The van der Waals surface area contributed by atoms with E-state index in [4.69, 9.17) is 9.31 Å². The molecule has 25 heavy (non-hydrogen) atoms. The van der Waals surface area contributed by atoms with Crippen LogP contribution in [0.15, 0.2) is 18.2 Å². The lowest BCUT2D eigenvalue weighted by Crippen LogP contribution is -2.42. The number of hydrogen-bond donors (Lipinski definition) is 0. The molecule has 1 aromatic rings. The van der Waals surface area contributed by atoms with Crippen LogP contribution in [-0.4, -0.2) is 42.2 Å². The number of halogens is 2. The van der Waals surface area contributed by atoms with Crippen molar-refractivity contribution in [2.45, 2.75) is 71.1 Å². The third-order valence-electron chi connectivity index (χ3n) is 5.76. The van der Waals surface area contributed by atoms with Crippen LogP contribution in [0.4, 0.5) is 8.78 Å². The Kier molecular flexibility index (Phi) is 4.76. The van der Waals surface area contributed by atoms with Crippen molar-refractivity contribution in [1.29, 1.82) is 0 Å². The lowest BCUT2D eigenvalue weighted by Gasteiger charge is -2.32. The highest BCUT2D eigenvalue weighted by molar-refractivity contribution is 6.62. The average molecular weight is 351 g/mol. The quantitative estimate of drug-likeness (QED) is 0.778. The van der Waals surface area contributed by atoms with Crippen LogP contribution < -0.4 is 5.46 Å². The summed E-state index contributed by atoms with van der Waals surface area (Å²) in [5.41, 5.74) is 2.33. The molecule has 3 rings (SSSR count). The summed E-state index contributed by atoms with van der Waals surface area (Å²) in [7, 11) is -0.424. The first kappa shape index (κ1) is 18.8. The molecule has 0 N–H and O–H groups in total. The summed E-state index contributed by atoms with van der Waals surface area (Å²) < 4.78 is 39.6. The first-order valence-electron chi connectivity index (χ1n) is 9.04. The van der Waals surface area contributed by atoms with Gasteiger partial charge in [-0.15, -0.1) is 0 Å². The molecule has 0 atom stereocenters. The van der Waals surface area contributed by atoms with Gasteiger partial charge in [0.2, 0.25) is 0 Å². The Hall–Kier alpha value is -0.975. The van der Waals surface area contributed by atoms with Gasteiger partial charge in [0, 0.05) is 13.0 Å². The molecule has 0 aromatic heterocycles. The molecule has 2 saturated heterocycles. The molecule has 2 aliphatic heterocycles. The highest BCUT2D eigenvalue weighted by Crippen LogP contribution is 2.36. The minimum Gasteiger partial charge on any atom is -0.399 e. The molecule has 6 heteroatoms. The maximum absolute atomic E-state index is 13.7. The van der Waals surface area contributed by atoms with Crippen LogP contribution in [0.3, 0.4) is 0 Å². The van der Waals surface area contributed by atoms with E-state index in [0.29, 0.717) is 13.0 Å². The van der Waals surface area contributed by atoms with E-state index in [1.54, 1.807) is 0 Å². The van der Waals surface area contributed by atoms with E-state index in [-0.39, 0.29) is 13.0 Å². The topological polar surface area (TPSA) is 21.7 Å². The van der Waals surface area contributed by atoms with E-state index in [1.165, 1.54) is 0 Å². The van der Waals surface area contributed by atoms with E-state index in [2.05, 4.69) is 0 Å². The molecular formula is C19H28BF2NO2. The fourth-order valence-electron chi connectivity index (χ4n) is 3.41. The molecule has 0 amide bonds. The molecule has 0 spiro atoms. The number of benzene rings is 1. The molecule has 138 valence electrons. The Bertz CT molecular complexity index is 632. The zero-order valence-electron chi connectivity index (χ0n) is 15.9. The van der Waals surface area contributed by atoms with Crippen molar-refractivity contribution >= 4 is 12.6 Å². The maximum Gasteiger partial charge on any atom is 0.494 e. The van der Waals surface area contributed by atoms with E-state index in [0.717, 1.165) is 23.1 Å². The largest absolute Gasteiger partial charge is 0.494 e. The molecule has 2 aliphatic rings. The van der Waals surface area contributed by atoms with Crippen molar-refractivity contribution in [1.82, 2.24) is 4.90 Å². The van der Waals surface area contributed by atoms with Crippen molar-refractivity contribution in [3.63, 3.8) is 0 Å². The van der Waals surface area contributed by atoms with Gasteiger partial charge in [0.05, 0.1) is 17.7 Å². The summed E-state index contributed by atoms with van der Waals surface area (Å²) in [6.07, 6.45) is 0.541. The number of piperidine rings is 1. The Balaban J connectivity index is 1.78. The van der Waals surface area contributed by atoms with Crippen LogP contribution in [0.1, 0.15) is 51.7 Å². The molecule has 0 bridgehead atoms. The minimum atomic E-state index is -2.57. The van der Waals surface area contributed by atoms with Crippen LogP contribution in [0, 0.1) is 6.92 Å². The predicted molar refractivity (Wildman–Crippen MR) is 96.4 cm³/mol. The zero-order valence-corrected chi connectivity index (χ0v) is 15.9. The smallest absolute Gasteiger partial charge is 0.399 e. The number of hydrogen-bond acceptors (Lipinski definition) is 3. The number of rotatable bonds is 3. The molecule has 2 heterocycles. The molecular weight excluding hydrogens is 323 g/mol. The van der Waals surface area contributed by atoms with Gasteiger partial charge in [-0.2, -0.15) is 0 Å². The van der Waals surface area contributed by atoms with Crippen LogP contribution in [0.25, 0.3) is 0 Å². The van der Waals surface area contributed by atoms with Gasteiger partial charge in [0.1, 0.15) is 0 Å². The van der Waals surface area contributed by atoms with Crippen molar-refractivity contribution in [2.24, 2.45) is 0 Å². The second kappa shape index (κ2) is 6.32. The number of likely N-dealkylation sites (tertiary alicyclic amines) is 1. The van der Waals surface area contributed by atoms with Crippen LogP contribution in [-0.2, 0) is 15.9 Å². The maximum atomic E-state index is 13.7. The summed E-state index contributed by atoms with van der Waals surface area (Å²) in [5.74, 6) is -2.57. The van der Waals surface area contributed by atoms with Gasteiger partial charge in [-0.25, -0.2) is 8.78 Å². The molecule has 2 fully saturated rings. The standard InChI is InChI=1S/C19H28BF2NO2/c1-14-7-8-16(20-24-17(2,3)18(4,5)25-20)11-15(14)12-23-10-6-9-19(21,22)13-23/h7-8,11H,6,9-10,12-13H2,1-5H3. The molecule has 0 unspecified atom stereocenters. The monoisotopic (exact) mass is 351 g/mol. The SMILES string of the molecule is Cc1ccc(B2OC(C)(C)C(C)(C)O2)cc1CN1CCCC(F)(F)C1. The fraction of sp³-hybridized carbons (Fsp3) is 0.684. The Morgan fingerprint density at radius 3 is 2.36 bits per heavy atom. The Morgan fingerprint density at radius 1 is 1.12 bits per heavy atom. The summed E-state index contributed by atoms with van der Waals surface area (Å²) in [4.78, 5) is 1.85. The molecule has 0 radical (unpaired) electrons. The lowest BCUT2D eigenvalue weighted by atomic mass is 9.77. The Morgan fingerprint density at radius 2 is 1.76 bits per heavy atom. The van der Waals surface area contributed by atoms with Crippen molar-refractivity contribution in [2.75, 3.05) is 13.1 Å². The number of aryl methyl sites for hydroxylation is 1. The van der Waals surface area contributed by atoms with E-state index in [9.17, 15) is 8.78 Å². The van der Waals surface area contributed by atoms with E-state index >= 15 is 0 Å².